The molecule has 4 heterocycles. The number of hydrogen-bond acceptors (Lipinski definition) is 7. The minimum absolute atomic E-state index is 0.0750. The zero-order valence-corrected chi connectivity index (χ0v) is 26.1. The van der Waals surface area contributed by atoms with Gasteiger partial charge in [-0.3, -0.25) is 19.2 Å². The third-order valence-corrected chi connectivity index (χ3v) is 9.57. The Hall–Kier alpha value is -3.50. The maximum absolute atomic E-state index is 14.7. The summed E-state index contributed by atoms with van der Waals surface area (Å²) in [5.41, 5.74) is -0.662. The molecular formula is C34H45N3O7. The highest BCUT2D eigenvalue weighted by Crippen LogP contribution is 2.56. The molecule has 0 aromatic heterocycles. The molecule has 0 saturated carbocycles. The molecule has 2 fully saturated rings. The van der Waals surface area contributed by atoms with Gasteiger partial charge in [-0.2, -0.15) is 0 Å². The van der Waals surface area contributed by atoms with Gasteiger partial charge < -0.3 is 29.7 Å². The van der Waals surface area contributed by atoms with Crippen LogP contribution in [0.15, 0.2) is 54.6 Å². The third kappa shape index (κ3) is 5.70. The molecule has 8 atom stereocenters. The van der Waals surface area contributed by atoms with E-state index in [1.54, 1.807) is 17.1 Å². The number of rotatable bonds is 7. The second-order valence-electron chi connectivity index (χ2n) is 12.7. The van der Waals surface area contributed by atoms with Crippen LogP contribution in [0.2, 0.25) is 0 Å². The van der Waals surface area contributed by atoms with E-state index in [2.05, 4.69) is 12.2 Å². The summed E-state index contributed by atoms with van der Waals surface area (Å²) >= 11 is 0. The van der Waals surface area contributed by atoms with Crippen molar-refractivity contribution in [1.29, 1.82) is 0 Å². The fourth-order valence-corrected chi connectivity index (χ4v) is 7.28. The number of benzene rings is 1. The van der Waals surface area contributed by atoms with Crippen LogP contribution in [0.3, 0.4) is 0 Å². The third-order valence-electron chi connectivity index (χ3n) is 9.57. The molecule has 2 saturated heterocycles. The van der Waals surface area contributed by atoms with E-state index in [1.807, 2.05) is 63.3 Å². The van der Waals surface area contributed by atoms with E-state index in [-0.39, 0.29) is 43.3 Å². The number of hydrogen-bond donors (Lipinski definition) is 2. The van der Waals surface area contributed by atoms with E-state index < -0.39 is 53.6 Å². The number of carbonyl (C=O) groups is 4. The van der Waals surface area contributed by atoms with Crippen molar-refractivity contribution >= 4 is 23.7 Å². The zero-order valence-electron chi connectivity index (χ0n) is 26.1. The molecule has 1 unspecified atom stereocenters. The van der Waals surface area contributed by atoms with Crippen LogP contribution >= 0.6 is 0 Å². The molecule has 10 heteroatoms. The summed E-state index contributed by atoms with van der Waals surface area (Å²) < 4.78 is 12.6. The summed E-state index contributed by atoms with van der Waals surface area (Å²) in [6, 6.07) is 7.31. The molecule has 0 radical (unpaired) electrons. The molecule has 5 rings (SSSR count). The number of allylic oxidation sites excluding steroid dienone is 1. The lowest BCUT2D eigenvalue weighted by atomic mass is 9.74. The lowest BCUT2D eigenvalue weighted by Gasteiger charge is -2.41. The molecular weight excluding hydrogens is 562 g/mol. The highest BCUT2D eigenvalue weighted by Gasteiger charge is 2.74. The predicted molar refractivity (Wildman–Crippen MR) is 163 cm³/mol. The molecule has 1 aromatic rings. The van der Waals surface area contributed by atoms with Gasteiger partial charge in [0.1, 0.15) is 23.7 Å². The van der Waals surface area contributed by atoms with Crippen molar-refractivity contribution in [2.24, 2.45) is 17.8 Å². The predicted octanol–water partition coefficient (Wildman–Crippen LogP) is 2.92. The highest BCUT2D eigenvalue weighted by molar-refractivity contribution is 5.99. The smallest absolute Gasteiger partial charge is 0.313 e. The molecule has 2 N–H and O–H groups in total. The standard InChI is InChI=1S/C34H45N3O7/c1-5-12-22(4)36-18-11-7-10-15-27(39)35-19-26(23-13-8-6-9-14-23)43-33(42)28-25-16-17-34(44-25)29(28)31(40)37(30(34)32(36)41)24(20-38)21(2)3/h6-9,11,13-14,16-17,21-22,24-26,28-30,38H,5,10,12,15,18-20H2,1-4H3,(H,35,39)/b11-7-/t22?,24-,25+,26+,28-,29-,30+,34-/m0/s1. The van der Waals surface area contributed by atoms with E-state index in [0.717, 1.165) is 12.8 Å². The molecule has 10 nitrogen and oxygen atoms in total. The first-order chi connectivity index (χ1) is 21.1. The molecule has 0 aliphatic carbocycles. The number of cyclic esters (lactones) is 1. The van der Waals surface area contributed by atoms with Crippen LogP contribution in [0.5, 0.6) is 0 Å². The Kier molecular flexibility index (Phi) is 9.60. The summed E-state index contributed by atoms with van der Waals surface area (Å²) in [5.74, 6) is -3.62. The molecule has 4 aliphatic rings. The number of likely N-dealkylation sites (tertiary alicyclic amines) is 1. The number of aliphatic hydroxyl groups excluding tert-OH is 1. The van der Waals surface area contributed by atoms with Crippen molar-refractivity contribution in [2.75, 3.05) is 19.7 Å². The fourth-order valence-electron chi connectivity index (χ4n) is 7.28. The number of fused-ring (bicyclic) bond motifs is 2. The minimum Gasteiger partial charge on any atom is -0.455 e. The molecule has 44 heavy (non-hydrogen) atoms. The Morgan fingerprint density at radius 1 is 1.07 bits per heavy atom. The number of ether oxygens (including phenoxy) is 2. The fraction of sp³-hybridized carbons (Fsp3) is 0.588. The number of amides is 3. The molecule has 1 spiro atoms. The summed E-state index contributed by atoms with van der Waals surface area (Å²) in [6.07, 6.45) is 8.12. The highest BCUT2D eigenvalue weighted by atomic mass is 16.6. The van der Waals surface area contributed by atoms with Gasteiger partial charge in [-0.1, -0.05) is 81.8 Å². The molecule has 238 valence electrons. The van der Waals surface area contributed by atoms with Crippen LogP contribution in [-0.2, 0) is 28.7 Å². The van der Waals surface area contributed by atoms with Gasteiger partial charge in [0.25, 0.3) is 0 Å². The summed E-state index contributed by atoms with van der Waals surface area (Å²) in [7, 11) is 0. The minimum atomic E-state index is -1.37. The molecule has 3 amide bonds. The summed E-state index contributed by atoms with van der Waals surface area (Å²) in [5, 5.41) is 13.4. The zero-order chi connectivity index (χ0) is 31.6. The van der Waals surface area contributed by atoms with Crippen LogP contribution < -0.4 is 5.32 Å². The quantitative estimate of drug-likeness (QED) is 0.361. The van der Waals surface area contributed by atoms with Gasteiger partial charge in [-0.15, -0.1) is 0 Å². The Labute approximate surface area is 259 Å². The lowest BCUT2D eigenvalue weighted by Crippen LogP contribution is -2.60. The SMILES string of the molecule is CCCC(C)N1C/C=C\CCC(=O)NC[C@H](c2ccccc2)OC(=O)[C@@H]2[C@H]3C(=O)N([C@@H](CO)C(C)C)[C@H](C1=O)[C@]31C=C[C@H]2O1. The first-order valence-corrected chi connectivity index (χ1v) is 15.9. The van der Waals surface area contributed by atoms with Gasteiger partial charge in [0.15, 0.2) is 0 Å². The van der Waals surface area contributed by atoms with Crippen molar-refractivity contribution in [1.82, 2.24) is 15.1 Å². The van der Waals surface area contributed by atoms with Crippen molar-refractivity contribution in [3.63, 3.8) is 0 Å². The number of aliphatic hydroxyl groups is 1. The van der Waals surface area contributed by atoms with Crippen LogP contribution in [0.1, 0.15) is 65.0 Å². The van der Waals surface area contributed by atoms with Crippen molar-refractivity contribution in [3.8, 4) is 0 Å². The van der Waals surface area contributed by atoms with Crippen molar-refractivity contribution in [2.45, 2.75) is 89.3 Å². The van der Waals surface area contributed by atoms with Gasteiger partial charge in [-0.05, 0) is 31.2 Å². The first kappa shape index (κ1) is 31.9. The van der Waals surface area contributed by atoms with E-state index in [1.165, 1.54) is 4.90 Å². The van der Waals surface area contributed by atoms with E-state index >= 15 is 0 Å². The van der Waals surface area contributed by atoms with Gasteiger partial charge in [0.05, 0.1) is 31.2 Å². The Balaban J connectivity index is 1.60. The average molecular weight is 608 g/mol. The number of esters is 1. The van der Waals surface area contributed by atoms with E-state index in [0.29, 0.717) is 18.5 Å². The summed E-state index contributed by atoms with van der Waals surface area (Å²) in [4.78, 5) is 59.2. The topological polar surface area (TPSA) is 125 Å². The van der Waals surface area contributed by atoms with E-state index in [9.17, 15) is 24.3 Å². The second-order valence-corrected chi connectivity index (χ2v) is 12.7. The van der Waals surface area contributed by atoms with Crippen LogP contribution in [0.25, 0.3) is 0 Å². The monoisotopic (exact) mass is 607 g/mol. The van der Waals surface area contributed by atoms with Gasteiger partial charge in [-0.25, -0.2) is 0 Å². The summed E-state index contributed by atoms with van der Waals surface area (Å²) in [6.45, 7) is 7.88. The Morgan fingerprint density at radius 3 is 2.50 bits per heavy atom. The van der Waals surface area contributed by atoms with Crippen LogP contribution in [0, 0.1) is 17.8 Å². The second kappa shape index (κ2) is 13.2. The van der Waals surface area contributed by atoms with Gasteiger partial charge in [0, 0.05) is 19.0 Å². The maximum atomic E-state index is 14.7. The maximum Gasteiger partial charge on any atom is 0.313 e. The lowest BCUT2D eigenvalue weighted by molar-refractivity contribution is -0.161. The normalized spacial score (nSPS) is 32.9. The number of carbonyl (C=O) groups excluding carboxylic acids is 4. The van der Waals surface area contributed by atoms with E-state index in [4.69, 9.17) is 9.47 Å². The Morgan fingerprint density at radius 2 is 1.82 bits per heavy atom. The van der Waals surface area contributed by atoms with Crippen molar-refractivity contribution < 1.29 is 33.8 Å². The molecule has 4 aliphatic heterocycles. The largest absolute Gasteiger partial charge is 0.455 e. The van der Waals surface area contributed by atoms with Gasteiger partial charge in [0.2, 0.25) is 17.7 Å². The average Bonchev–Trinajstić information content (AvgIpc) is 3.64. The van der Waals surface area contributed by atoms with Crippen LogP contribution in [-0.4, -0.2) is 88.1 Å². The van der Waals surface area contributed by atoms with Crippen LogP contribution in [0.4, 0.5) is 0 Å². The molecule has 1 aromatic carbocycles. The first-order valence-electron chi connectivity index (χ1n) is 15.9. The number of nitrogens with zero attached hydrogens (tertiary/aromatic N) is 2. The Bertz CT molecular complexity index is 1300. The molecule has 5 bridgehead atoms. The van der Waals surface area contributed by atoms with Gasteiger partial charge >= 0.3 is 5.97 Å². The number of nitrogens with one attached hydrogen (secondary N) is 1. The van der Waals surface area contributed by atoms with Crippen molar-refractivity contribution in [3.05, 3.63) is 60.2 Å².